The molecule has 0 saturated carbocycles. The van der Waals surface area contributed by atoms with Crippen LogP contribution in [-0.4, -0.2) is 9.59 Å². The summed E-state index contributed by atoms with van der Waals surface area (Å²) in [6, 6.07) is 24.3. The number of hydrogen-bond donors (Lipinski definition) is 0. The first-order valence-electron chi connectivity index (χ1n) is 9.06. The SMILES string of the molecule is Cc1cccc(-c2ccccc2)c1C.c1ccoc1.c1ccoc1.c1csnn1. The van der Waals surface area contributed by atoms with Gasteiger partial charge in [0, 0.05) is 5.38 Å². The van der Waals surface area contributed by atoms with Crippen LogP contribution >= 0.6 is 11.5 Å². The Labute approximate surface area is 175 Å². The van der Waals surface area contributed by atoms with Gasteiger partial charge in [-0.2, -0.15) is 0 Å². The van der Waals surface area contributed by atoms with Gasteiger partial charge in [0.1, 0.15) is 0 Å². The van der Waals surface area contributed by atoms with Gasteiger partial charge in [-0.25, -0.2) is 0 Å². The molecule has 3 heterocycles. The van der Waals surface area contributed by atoms with Crippen LogP contribution in [0.3, 0.4) is 0 Å². The summed E-state index contributed by atoms with van der Waals surface area (Å²) in [7, 11) is 0. The first-order valence-corrected chi connectivity index (χ1v) is 9.89. The molecule has 0 aliphatic rings. The fraction of sp³-hybridized carbons (Fsp3) is 0.0833. The number of aryl methyl sites for hydroxylation is 1. The Hall–Kier alpha value is -3.44. The van der Waals surface area contributed by atoms with Gasteiger partial charge in [0.25, 0.3) is 0 Å². The summed E-state index contributed by atoms with van der Waals surface area (Å²) in [5.41, 5.74) is 5.37. The van der Waals surface area contributed by atoms with E-state index in [2.05, 4.69) is 80.8 Å². The van der Waals surface area contributed by atoms with Crippen molar-refractivity contribution in [2.45, 2.75) is 13.8 Å². The van der Waals surface area contributed by atoms with Crippen LogP contribution in [0.15, 0.2) is 118 Å². The molecule has 0 amide bonds. The maximum atomic E-state index is 4.58. The molecule has 29 heavy (non-hydrogen) atoms. The zero-order valence-corrected chi connectivity index (χ0v) is 17.3. The van der Waals surface area contributed by atoms with Crippen molar-refractivity contribution in [1.29, 1.82) is 0 Å². The van der Waals surface area contributed by atoms with E-state index < -0.39 is 0 Å². The predicted molar refractivity (Wildman–Crippen MR) is 119 cm³/mol. The van der Waals surface area contributed by atoms with E-state index in [0.717, 1.165) is 0 Å². The lowest BCUT2D eigenvalue weighted by atomic mass is 9.97. The Morgan fingerprint density at radius 1 is 0.690 bits per heavy atom. The van der Waals surface area contributed by atoms with E-state index in [-0.39, 0.29) is 0 Å². The molecule has 0 saturated heterocycles. The molecule has 2 aromatic carbocycles. The third kappa shape index (κ3) is 8.86. The average molecular weight is 405 g/mol. The van der Waals surface area contributed by atoms with Crippen LogP contribution in [0.25, 0.3) is 11.1 Å². The van der Waals surface area contributed by atoms with E-state index in [1.165, 1.54) is 33.8 Å². The van der Waals surface area contributed by atoms with Gasteiger partial charge in [-0.3, -0.25) is 0 Å². The van der Waals surface area contributed by atoms with Gasteiger partial charge in [-0.1, -0.05) is 53.0 Å². The topological polar surface area (TPSA) is 52.1 Å². The van der Waals surface area contributed by atoms with E-state index in [0.29, 0.717) is 0 Å². The summed E-state index contributed by atoms with van der Waals surface area (Å²) in [6.07, 6.45) is 8.16. The predicted octanol–water partition coefficient (Wildman–Crippen LogP) is 7.07. The molecule has 0 spiro atoms. The van der Waals surface area contributed by atoms with Gasteiger partial charge >= 0.3 is 0 Å². The molecule has 148 valence electrons. The van der Waals surface area contributed by atoms with Crippen molar-refractivity contribution in [3.63, 3.8) is 0 Å². The summed E-state index contributed by atoms with van der Waals surface area (Å²) in [4.78, 5) is 0. The van der Waals surface area contributed by atoms with Crippen molar-refractivity contribution in [1.82, 2.24) is 9.59 Å². The van der Waals surface area contributed by atoms with Crippen LogP contribution in [0, 0.1) is 13.8 Å². The van der Waals surface area contributed by atoms with Gasteiger partial charge in [0.05, 0.1) is 31.2 Å². The number of rotatable bonds is 1. The molecular formula is C24H24N2O2S. The van der Waals surface area contributed by atoms with Crippen LogP contribution in [0.2, 0.25) is 0 Å². The Kier molecular flexibility index (Phi) is 10.3. The first-order chi connectivity index (χ1) is 14.3. The van der Waals surface area contributed by atoms with E-state index in [4.69, 9.17) is 0 Å². The largest absolute Gasteiger partial charge is 0.473 e. The second-order valence-electron chi connectivity index (χ2n) is 5.79. The fourth-order valence-electron chi connectivity index (χ4n) is 2.27. The van der Waals surface area contributed by atoms with Crippen molar-refractivity contribution in [3.8, 4) is 11.1 Å². The van der Waals surface area contributed by atoms with Gasteiger partial charge < -0.3 is 8.83 Å². The van der Waals surface area contributed by atoms with E-state index in [9.17, 15) is 0 Å². The smallest absolute Gasteiger partial charge is 0.0902 e. The van der Waals surface area contributed by atoms with Gasteiger partial charge in [-0.05, 0) is 71.9 Å². The maximum absolute atomic E-state index is 4.58. The van der Waals surface area contributed by atoms with Crippen molar-refractivity contribution < 1.29 is 8.83 Å². The second kappa shape index (κ2) is 13.7. The Bertz CT molecular complexity index is 851. The number of furan rings is 2. The number of hydrogen-bond acceptors (Lipinski definition) is 5. The van der Waals surface area contributed by atoms with Crippen molar-refractivity contribution >= 4 is 11.5 Å². The van der Waals surface area contributed by atoms with E-state index >= 15 is 0 Å². The summed E-state index contributed by atoms with van der Waals surface area (Å²) in [5, 5.41) is 5.31. The molecule has 0 aliphatic heterocycles. The monoisotopic (exact) mass is 404 g/mol. The van der Waals surface area contributed by atoms with Crippen molar-refractivity contribution in [2.24, 2.45) is 0 Å². The molecule has 0 bridgehead atoms. The minimum atomic E-state index is 1.30. The highest BCUT2D eigenvalue weighted by Crippen LogP contribution is 2.24. The Morgan fingerprint density at radius 2 is 1.31 bits per heavy atom. The zero-order valence-electron chi connectivity index (χ0n) is 16.5. The van der Waals surface area contributed by atoms with Crippen molar-refractivity contribution in [3.05, 3.63) is 121 Å². The Morgan fingerprint density at radius 3 is 1.72 bits per heavy atom. The molecule has 0 fully saturated rings. The fourth-order valence-corrected chi connectivity index (χ4v) is 2.54. The molecule has 3 aromatic heterocycles. The summed E-state index contributed by atoms with van der Waals surface area (Å²) < 4.78 is 12.7. The minimum absolute atomic E-state index is 1.30. The number of aromatic nitrogens is 2. The molecule has 5 heteroatoms. The van der Waals surface area contributed by atoms with Crippen LogP contribution in [0.5, 0.6) is 0 Å². The minimum Gasteiger partial charge on any atom is -0.473 e. The number of benzene rings is 2. The highest BCUT2D eigenvalue weighted by atomic mass is 32.1. The zero-order chi connectivity index (χ0) is 20.6. The molecule has 4 nitrogen and oxygen atoms in total. The van der Waals surface area contributed by atoms with E-state index in [1.54, 1.807) is 31.2 Å². The lowest BCUT2D eigenvalue weighted by Gasteiger charge is -2.07. The molecular weight excluding hydrogens is 380 g/mol. The van der Waals surface area contributed by atoms with Gasteiger partial charge in [-0.15, -0.1) is 5.10 Å². The standard InChI is InChI=1S/C14H14.2C4H4O.C2H2N2S/c1-11-7-6-10-14(12(11)2)13-8-4-3-5-9-13;2*1-2-4-5-3-1;1-2-5-4-3-1/h3-10H,1-2H3;2*1-4H;1-2H. The molecule has 0 aliphatic carbocycles. The third-order valence-electron chi connectivity index (χ3n) is 3.82. The molecule has 5 aromatic rings. The highest BCUT2D eigenvalue weighted by Gasteiger charge is 2.01. The van der Waals surface area contributed by atoms with Gasteiger partial charge in [0.15, 0.2) is 0 Å². The Balaban J connectivity index is 0.000000162. The average Bonchev–Trinajstić information content (AvgIpc) is 3.58. The lowest BCUT2D eigenvalue weighted by Crippen LogP contribution is -1.85. The third-order valence-corrected chi connectivity index (χ3v) is 4.25. The summed E-state index contributed by atoms with van der Waals surface area (Å²) in [5.74, 6) is 0. The van der Waals surface area contributed by atoms with Crippen LogP contribution in [0.1, 0.15) is 11.1 Å². The summed E-state index contributed by atoms with van der Waals surface area (Å²) >= 11 is 1.35. The van der Waals surface area contributed by atoms with Crippen LogP contribution < -0.4 is 0 Å². The molecule has 5 rings (SSSR count). The molecule has 0 N–H and O–H groups in total. The highest BCUT2D eigenvalue weighted by molar-refractivity contribution is 7.03. The molecule has 0 radical (unpaired) electrons. The normalized spacial score (nSPS) is 9.03. The quantitative estimate of drug-likeness (QED) is 0.300. The molecule has 0 atom stereocenters. The molecule has 0 unspecified atom stereocenters. The van der Waals surface area contributed by atoms with Crippen LogP contribution in [0.4, 0.5) is 0 Å². The lowest BCUT2D eigenvalue weighted by molar-refractivity contribution is 0.567. The van der Waals surface area contributed by atoms with E-state index in [1.807, 2.05) is 29.6 Å². The van der Waals surface area contributed by atoms with Crippen molar-refractivity contribution in [2.75, 3.05) is 0 Å². The second-order valence-corrected chi connectivity index (χ2v) is 6.43. The maximum Gasteiger partial charge on any atom is 0.0902 e. The van der Waals surface area contributed by atoms with Gasteiger partial charge in [0.2, 0.25) is 0 Å². The van der Waals surface area contributed by atoms with Crippen LogP contribution in [-0.2, 0) is 0 Å². The number of nitrogens with zero attached hydrogens (tertiary/aromatic N) is 2. The first kappa shape index (κ1) is 21.9. The summed E-state index contributed by atoms with van der Waals surface area (Å²) in [6.45, 7) is 4.33.